The van der Waals surface area contributed by atoms with Crippen molar-refractivity contribution in [2.75, 3.05) is 20.2 Å². The Morgan fingerprint density at radius 1 is 1.04 bits per heavy atom. The number of carbonyl (C=O) groups is 1. The van der Waals surface area contributed by atoms with Crippen LogP contribution in [0.25, 0.3) is 0 Å². The van der Waals surface area contributed by atoms with Crippen molar-refractivity contribution in [2.45, 2.75) is 32.7 Å². The van der Waals surface area contributed by atoms with Crippen LogP contribution in [-0.2, 0) is 0 Å². The van der Waals surface area contributed by atoms with E-state index in [0.29, 0.717) is 17.4 Å². The molecular formula is C19H24N2O2. The van der Waals surface area contributed by atoms with Crippen molar-refractivity contribution in [1.29, 1.82) is 0 Å². The van der Waals surface area contributed by atoms with Crippen LogP contribution in [-0.4, -0.2) is 35.6 Å². The number of ether oxygens (including phenoxy) is 1. The first-order valence-corrected chi connectivity index (χ1v) is 8.18. The predicted molar refractivity (Wildman–Crippen MR) is 91.1 cm³/mol. The summed E-state index contributed by atoms with van der Waals surface area (Å²) in [6.45, 7) is 5.88. The first kappa shape index (κ1) is 15.7. The average Bonchev–Trinajstić information content (AvgIpc) is 2.93. The maximum atomic E-state index is 12.7. The highest BCUT2D eigenvalue weighted by Crippen LogP contribution is 2.28. The second kappa shape index (κ2) is 6.49. The molecule has 0 unspecified atom stereocenters. The molecule has 1 aromatic heterocycles. The number of methoxy groups -OCH3 is 1. The van der Waals surface area contributed by atoms with Gasteiger partial charge >= 0.3 is 0 Å². The second-order valence-electron chi connectivity index (χ2n) is 6.21. The lowest BCUT2D eigenvalue weighted by Gasteiger charge is -2.34. The van der Waals surface area contributed by atoms with Gasteiger partial charge in [-0.1, -0.05) is 12.1 Å². The molecule has 3 rings (SSSR count). The van der Waals surface area contributed by atoms with Crippen LogP contribution in [0.2, 0.25) is 0 Å². The molecule has 0 aliphatic carbocycles. The van der Waals surface area contributed by atoms with Gasteiger partial charge in [0.25, 0.3) is 5.91 Å². The number of carbonyl (C=O) groups excluding carboxylic acids is 1. The van der Waals surface area contributed by atoms with Crippen molar-refractivity contribution in [2.24, 2.45) is 0 Å². The zero-order valence-corrected chi connectivity index (χ0v) is 14.1. The summed E-state index contributed by atoms with van der Waals surface area (Å²) in [4.78, 5) is 14.7. The predicted octanol–water partition coefficient (Wildman–Crippen LogP) is 3.59. The highest BCUT2D eigenvalue weighted by molar-refractivity contribution is 5.97. The summed E-state index contributed by atoms with van der Waals surface area (Å²) in [6, 6.07) is 12.3. The number of likely N-dealkylation sites (tertiary alicyclic amines) is 1. The average molecular weight is 312 g/mol. The number of hydrogen-bond donors (Lipinski definition) is 0. The van der Waals surface area contributed by atoms with Crippen LogP contribution in [0, 0.1) is 13.8 Å². The molecule has 122 valence electrons. The maximum Gasteiger partial charge on any atom is 0.257 e. The Balaban J connectivity index is 1.70. The number of aromatic nitrogens is 1. The molecule has 0 N–H and O–H groups in total. The molecule has 2 aromatic rings. The van der Waals surface area contributed by atoms with Crippen LogP contribution in [0.1, 0.15) is 40.6 Å². The van der Waals surface area contributed by atoms with Crippen molar-refractivity contribution in [1.82, 2.24) is 9.47 Å². The molecular weight excluding hydrogens is 288 g/mol. The Labute approximate surface area is 137 Å². The second-order valence-corrected chi connectivity index (χ2v) is 6.21. The van der Waals surface area contributed by atoms with Gasteiger partial charge in [-0.3, -0.25) is 4.79 Å². The molecule has 1 amide bonds. The molecule has 0 bridgehead atoms. The van der Waals surface area contributed by atoms with Gasteiger partial charge in [0.15, 0.2) is 0 Å². The van der Waals surface area contributed by atoms with Gasteiger partial charge in [-0.2, -0.15) is 0 Å². The minimum atomic E-state index is 0.0712. The van der Waals surface area contributed by atoms with Crippen molar-refractivity contribution >= 4 is 5.91 Å². The molecule has 0 saturated carbocycles. The van der Waals surface area contributed by atoms with Crippen molar-refractivity contribution < 1.29 is 9.53 Å². The smallest absolute Gasteiger partial charge is 0.257 e. The number of nitrogens with zero attached hydrogens (tertiary/aromatic N) is 2. The number of hydrogen-bond acceptors (Lipinski definition) is 2. The van der Waals surface area contributed by atoms with Crippen molar-refractivity contribution in [3.05, 3.63) is 53.3 Å². The van der Waals surface area contributed by atoms with Gasteiger partial charge < -0.3 is 14.2 Å². The summed E-state index contributed by atoms with van der Waals surface area (Å²) in [5, 5.41) is 0. The summed E-state index contributed by atoms with van der Waals surface area (Å²) in [5.74, 6) is 0.721. The SMILES string of the molecule is COc1ccccc1C(=O)N1CCC(n2c(C)ccc2C)CC1. The first-order valence-electron chi connectivity index (χ1n) is 8.18. The number of amides is 1. The zero-order valence-electron chi connectivity index (χ0n) is 14.1. The summed E-state index contributed by atoms with van der Waals surface area (Å²) < 4.78 is 7.72. The van der Waals surface area contributed by atoms with Crippen molar-refractivity contribution in [3.8, 4) is 5.75 Å². The molecule has 2 heterocycles. The molecule has 1 aromatic carbocycles. The first-order chi connectivity index (χ1) is 11.1. The lowest BCUT2D eigenvalue weighted by atomic mass is 10.0. The molecule has 4 heteroatoms. The molecule has 0 spiro atoms. The van der Waals surface area contributed by atoms with Crippen LogP contribution < -0.4 is 4.74 Å². The highest BCUT2D eigenvalue weighted by atomic mass is 16.5. The number of piperidine rings is 1. The zero-order chi connectivity index (χ0) is 16.4. The summed E-state index contributed by atoms with van der Waals surface area (Å²) in [6.07, 6.45) is 1.99. The van der Waals surface area contributed by atoms with E-state index in [0.717, 1.165) is 25.9 Å². The Morgan fingerprint density at radius 2 is 1.65 bits per heavy atom. The van der Waals surface area contributed by atoms with Gasteiger partial charge in [-0.05, 0) is 51.0 Å². The molecule has 4 nitrogen and oxygen atoms in total. The molecule has 23 heavy (non-hydrogen) atoms. The van der Waals surface area contributed by atoms with Crippen LogP contribution in [0.3, 0.4) is 0 Å². The Bertz CT molecular complexity index is 678. The standard InChI is InChI=1S/C19H24N2O2/c1-14-8-9-15(2)21(14)16-10-12-20(13-11-16)19(22)17-6-4-5-7-18(17)23-3/h4-9,16H,10-13H2,1-3H3. The third kappa shape index (κ3) is 2.98. The van der Waals surface area contributed by atoms with Crippen molar-refractivity contribution in [3.63, 3.8) is 0 Å². The summed E-state index contributed by atoms with van der Waals surface area (Å²) >= 11 is 0. The summed E-state index contributed by atoms with van der Waals surface area (Å²) in [5.41, 5.74) is 3.26. The van der Waals surface area contributed by atoms with E-state index < -0.39 is 0 Å². The molecule has 1 fully saturated rings. The third-order valence-electron chi connectivity index (χ3n) is 4.78. The van der Waals surface area contributed by atoms with Gasteiger partial charge in [0.2, 0.25) is 0 Å². The lowest BCUT2D eigenvalue weighted by molar-refractivity contribution is 0.0690. The van der Waals surface area contributed by atoms with E-state index in [1.807, 2.05) is 29.2 Å². The van der Waals surface area contributed by atoms with Gasteiger partial charge in [0.05, 0.1) is 12.7 Å². The molecule has 1 aliphatic rings. The van der Waals surface area contributed by atoms with E-state index >= 15 is 0 Å². The van der Waals surface area contributed by atoms with Gasteiger partial charge in [0, 0.05) is 30.5 Å². The van der Waals surface area contributed by atoms with Crippen LogP contribution >= 0.6 is 0 Å². The van der Waals surface area contributed by atoms with Crippen LogP contribution in [0.4, 0.5) is 0 Å². The molecule has 1 saturated heterocycles. The van der Waals surface area contributed by atoms with Gasteiger partial charge in [-0.25, -0.2) is 0 Å². The highest BCUT2D eigenvalue weighted by Gasteiger charge is 2.26. The number of rotatable bonds is 3. The maximum absolute atomic E-state index is 12.7. The van der Waals surface area contributed by atoms with Gasteiger partial charge in [-0.15, -0.1) is 0 Å². The lowest BCUT2D eigenvalue weighted by Crippen LogP contribution is -2.39. The Hall–Kier alpha value is -2.23. The third-order valence-corrected chi connectivity index (χ3v) is 4.78. The fourth-order valence-corrected chi connectivity index (χ4v) is 3.57. The van der Waals surface area contributed by atoms with E-state index in [4.69, 9.17) is 4.74 Å². The Morgan fingerprint density at radius 3 is 2.26 bits per heavy atom. The van der Waals surface area contributed by atoms with E-state index in [1.54, 1.807) is 7.11 Å². The fourth-order valence-electron chi connectivity index (χ4n) is 3.57. The van der Waals surface area contributed by atoms with E-state index in [2.05, 4.69) is 30.5 Å². The minimum Gasteiger partial charge on any atom is -0.496 e. The van der Waals surface area contributed by atoms with Crippen LogP contribution in [0.5, 0.6) is 5.75 Å². The fraction of sp³-hybridized carbons (Fsp3) is 0.421. The normalized spacial score (nSPS) is 15.7. The topological polar surface area (TPSA) is 34.5 Å². The van der Waals surface area contributed by atoms with Crippen LogP contribution in [0.15, 0.2) is 36.4 Å². The number of benzene rings is 1. The van der Waals surface area contributed by atoms with Gasteiger partial charge in [0.1, 0.15) is 5.75 Å². The number of aryl methyl sites for hydroxylation is 2. The molecule has 0 radical (unpaired) electrons. The van der Waals surface area contributed by atoms with E-state index in [-0.39, 0.29) is 5.91 Å². The monoisotopic (exact) mass is 312 g/mol. The Kier molecular flexibility index (Phi) is 4.42. The largest absolute Gasteiger partial charge is 0.496 e. The van der Waals surface area contributed by atoms with E-state index in [9.17, 15) is 4.79 Å². The molecule has 0 atom stereocenters. The summed E-state index contributed by atoms with van der Waals surface area (Å²) in [7, 11) is 1.61. The molecule has 1 aliphatic heterocycles. The minimum absolute atomic E-state index is 0.0712. The van der Waals surface area contributed by atoms with E-state index in [1.165, 1.54) is 11.4 Å². The quantitative estimate of drug-likeness (QED) is 0.868. The number of para-hydroxylation sites is 1.